The number of nitrogens with zero attached hydrogens (tertiary/aromatic N) is 2. The van der Waals surface area contributed by atoms with E-state index < -0.39 is 11.6 Å². The lowest BCUT2D eigenvalue weighted by Crippen LogP contribution is -2.34. The van der Waals surface area contributed by atoms with Gasteiger partial charge >= 0.3 is 0 Å². The minimum absolute atomic E-state index is 0.0501. The third kappa shape index (κ3) is 4.17. The van der Waals surface area contributed by atoms with E-state index in [0.29, 0.717) is 18.0 Å². The Hall–Kier alpha value is -3.13. The van der Waals surface area contributed by atoms with Crippen molar-refractivity contribution in [3.05, 3.63) is 58.2 Å². The molecule has 0 aliphatic rings. The van der Waals surface area contributed by atoms with Gasteiger partial charge in [-0.3, -0.25) is 9.59 Å². The van der Waals surface area contributed by atoms with Gasteiger partial charge in [-0.1, -0.05) is 6.07 Å². The number of hydrogen-bond acceptors (Lipinski definition) is 6. The average molecular weight is 384 g/mol. The zero-order valence-electron chi connectivity index (χ0n) is 15.0. The maximum absolute atomic E-state index is 12.6. The van der Waals surface area contributed by atoms with Gasteiger partial charge in [0.1, 0.15) is 23.2 Å². The maximum Gasteiger partial charge on any atom is 0.290 e. The molecule has 0 saturated heterocycles. The number of carbonyl (C=O) groups excluding carboxylic acids is 1. The normalized spacial score (nSPS) is 11.8. The minimum atomic E-state index is -0.828. The third-order valence-corrected chi connectivity index (χ3v) is 4.81. The van der Waals surface area contributed by atoms with Gasteiger partial charge in [-0.15, -0.1) is 11.3 Å². The molecule has 7 nitrogen and oxygen atoms in total. The van der Waals surface area contributed by atoms with Crippen LogP contribution in [-0.4, -0.2) is 22.3 Å². The van der Waals surface area contributed by atoms with Crippen molar-refractivity contribution >= 4 is 28.6 Å². The van der Waals surface area contributed by atoms with Gasteiger partial charge < -0.3 is 15.8 Å². The molecule has 1 atom stereocenters. The minimum Gasteiger partial charge on any atom is -0.494 e. The Morgan fingerprint density at radius 3 is 2.70 bits per heavy atom. The first-order valence-corrected chi connectivity index (χ1v) is 9.34. The molecule has 3 aromatic rings. The first kappa shape index (κ1) is 18.7. The molecule has 1 aromatic carbocycles. The Bertz CT molecular complexity index is 981. The Kier molecular flexibility index (Phi) is 5.56. The van der Waals surface area contributed by atoms with Gasteiger partial charge in [0.05, 0.1) is 11.5 Å². The van der Waals surface area contributed by atoms with Crippen molar-refractivity contribution in [2.75, 3.05) is 17.7 Å². The topological polar surface area (TPSA) is 99.2 Å². The Morgan fingerprint density at radius 1 is 1.33 bits per heavy atom. The monoisotopic (exact) mass is 384 g/mol. The van der Waals surface area contributed by atoms with E-state index >= 15 is 0 Å². The Morgan fingerprint density at radius 2 is 2.07 bits per heavy atom. The number of nitrogen functional groups attached to an aromatic ring is 1. The van der Waals surface area contributed by atoms with Gasteiger partial charge in [0.15, 0.2) is 0 Å². The fourth-order valence-electron chi connectivity index (χ4n) is 2.50. The Balaban J connectivity index is 1.83. The number of anilines is 2. The molecule has 0 radical (unpaired) electrons. The highest BCUT2D eigenvalue weighted by molar-refractivity contribution is 7.13. The van der Waals surface area contributed by atoms with Crippen LogP contribution in [0.1, 0.15) is 19.9 Å². The molecule has 0 aliphatic heterocycles. The van der Waals surface area contributed by atoms with Crippen LogP contribution in [0.2, 0.25) is 0 Å². The van der Waals surface area contributed by atoms with E-state index in [2.05, 4.69) is 10.4 Å². The summed E-state index contributed by atoms with van der Waals surface area (Å²) >= 11 is 1.48. The maximum atomic E-state index is 12.6. The highest BCUT2D eigenvalue weighted by Crippen LogP contribution is 2.23. The van der Waals surface area contributed by atoms with E-state index in [-0.39, 0.29) is 11.6 Å². The number of hydrogen-bond donors (Lipinski definition) is 2. The first-order valence-electron chi connectivity index (χ1n) is 8.46. The summed E-state index contributed by atoms with van der Waals surface area (Å²) in [6.45, 7) is 4.08. The van der Waals surface area contributed by atoms with E-state index in [1.54, 1.807) is 31.2 Å². The number of nitrogens with one attached hydrogen (secondary N) is 1. The molecular weight excluding hydrogens is 364 g/mol. The summed E-state index contributed by atoms with van der Waals surface area (Å²) in [6, 6.07) is 11.5. The molecule has 0 bridgehead atoms. The summed E-state index contributed by atoms with van der Waals surface area (Å²) in [5.74, 6) is 0.356. The Labute approximate surface area is 160 Å². The largest absolute Gasteiger partial charge is 0.494 e. The predicted octanol–water partition coefficient (Wildman–Crippen LogP) is 3.15. The van der Waals surface area contributed by atoms with Crippen LogP contribution in [0.4, 0.5) is 11.4 Å². The van der Waals surface area contributed by atoms with E-state index in [1.165, 1.54) is 17.4 Å². The molecule has 27 heavy (non-hydrogen) atoms. The van der Waals surface area contributed by atoms with Crippen molar-refractivity contribution in [3.63, 3.8) is 0 Å². The summed E-state index contributed by atoms with van der Waals surface area (Å²) in [6.07, 6.45) is 0. The molecule has 2 heterocycles. The number of benzene rings is 1. The van der Waals surface area contributed by atoms with Crippen molar-refractivity contribution in [2.45, 2.75) is 19.9 Å². The molecule has 0 unspecified atom stereocenters. The van der Waals surface area contributed by atoms with E-state index in [1.807, 2.05) is 24.4 Å². The quantitative estimate of drug-likeness (QED) is 0.680. The second-order valence-electron chi connectivity index (χ2n) is 5.83. The average Bonchev–Trinajstić information content (AvgIpc) is 3.20. The van der Waals surface area contributed by atoms with Crippen molar-refractivity contribution in [1.29, 1.82) is 0 Å². The van der Waals surface area contributed by atoms with Crippen molar-refractivity contribution in [3.8, 4) is 16.3 Å². The summed E-state index contributed by atoms with van der Waals surface area (Å²) < 4.78 is 6.50. The summed E-state index contributed by atoms with van der Waals surface area (Å²) in [5.41, 5.74) is 6.56. The molecule has 1 amide bonds. The molecule has 3 rings (SSSR count). The van der Waals surface area contributed by atoms with Crippen molar-refractivity contribution < 1.29 is 9.53 Å². The van der Waals surface area contributed by atoms with Crippen LogP contribution in [0.25, 0.3) is 10.6 Å². The van der Waals surface area contributed by atoms with Crippen LogP contribution >= 0.6 is 11.3 Å². The van der Waals surface area contributed by atoms with Crippen LogP contribution < -0.4 is 21.3 Å². The van der Waals surface area contributed by atoms with E-state index in [0.717, 1.165) is 15.3 Å². The first-order chi connectivity index (χ1) is 13.0. The molecule has 0 fully saturated rings. The molecule has 8 heteroatoms. The number of carbonyl (C=O) groups is 1. The number of rotatable bonds is 6. The lowest BCUT2D eigenvalue weighted by molar-refractivity contribution is -0.119. The standard InChI is InChI=1S/C19H20N4O3S/c1-3-26-14-8-6-13(7-9-14)21-18(24)12(2)23-19(25)15(20)11-16(22-23)17-5-4-10-27-17/h4-12H,3,20H2,1-2H3,(H,21,24)/t12-/m1/s1. The summed E-state index contributed by atoms with van der Waals surface area (Å²) in [5, 5.41) is 9.02. The lowest BCUT2D eigenvalue weighted by Gasteiger charge is -2.16. The highest BCUT2D eigenvalue weighted by Gasteiger charge is 2.20. The zero-order valence-corrected chi connectivity index (χ0v) is 15.8. The molecule has 2 aromatic heterocycles. The molecule has 0 aliphatic carbocycles. The summed E-state index contributed by atoms with van der Waals surface area (Å²) in [7, 11) is 0. The second-order valence-corrected chi connectivity index (χ2v) is 6.78. The number of amides is 1. The summed E-state index contributed by atoms with van der Waals surface area (Å²) in [4.78, 5) is 25.9. The molecule has 140 valence electrons. The predicted molar refractivity (Wildman–Crippen MR) is 107 cm³/mol. The van der Waals surface area contributed by atoms with Crippen LogP contribution in [0.15, 0.2) is 52.6 Å². The van der Waals surface area contributed by atoms with Crippen molar-refractivity contribution in [1.82, 2.24) is 9.78 Å². The number of ether oxygens (including phenoxy) is 1. The van der Waals surface area contributed by atoms with Gasteiger partial charge in [0.25, 0.3) is 5.56 Å². The zero-order chi connectivity index (χ0) is 19.4. The highest BCUT2D eigenvalue weighted by atomic mass is 32.1. The fourth-order valence-corrected chi connectivity index (χ4v) is 3.18. The van der Waals surface area contributed by atoms with Gasteiger partial charge in [-0.05, 0) is 55.6 Å². The van der Waals surface area contributed by atoms with Crippen LogP contribution in [0, 0.1) is 0 Å². The van der Waals surface area contributed by atoms with Gasteiger partial charge in [0.2, 0.25) is 5.91 Å². The molecule has 0 saturated carbocycles. The van der Waals surface area contributed by atoms with Gasteiger partial charge in [0, 0.05) is 5.69 Å². The molecule has 3 N–H and O–H groups in total. The number of nitrogens with two attached hydrogens (primary N) is 1. The molecule has 0 spiro atoms. The smallest absolute Gasteiger partial charge is 0.290 e. The van der Waals surface area contributed by atoms with E-state index in [9.17, 15) is 9.59 Å². The van der Waals surface area contributed by atoms with Crippen molar-refractivity contribution in [2.24, 2.45) is 0 Å². The molecular formula is C19H20N4O3S. The number of thiophene rings is 1. The van der Waals surface area contributed by atoms with Gasteiger partial charge in [-0.25, -0.2) is 4.68 Å². The fraction of sp³-hybridized carbons (Fsp3) is 0.211. The van der Waals surface area contributed by atoms with E-state index in [4.69, 9.17) is 10.5 Å². The van der Waals surface area contributed by atoms with Gasteiger partial charge in [-0.2, -0.15) is 5.10 Å². The second kappa shape index (κ2) is 8.05. The third-order valence-electron chi connectivity index (χ3n) is 3.92. The number of aromatic nitrogens is 2. The van der Waals surface area contributed by atoms with Crippen LogP contribution in [0.3, 0.4) is 0 Å². The SMILES string of the molecule is CCOc1ccc(NC(=O)[C@@H](C)n2nc(-c3cccs3)cc(N)c2=O)cc1. The lowest BCUT2D eigenvalue weighted by atomic mass is 10.2. The van der Waals surface area contributed by atoms with Crippen LogP contribution in [0.5, 0.6) is 5.75 Å². The van der Waals surface area contributed by atoms with Crippen LogP contribution in [-0.2, 0) is 4.79 Å².